The summed E-state index contributed by atoms with van der Waals surface area (Å²) < 4.78 is 4.17. The molecule has 54 valence electrons. The Morgan fingerprint density at radius 2 is 2.00 bits per heavy atom. The molecule has 1 aliphatic heterocycles. The number of esters is 2. The highest BCUT2D eigenvalue weighted by Crippen LogP contribution is 2.15. The number of cyclic esters (lactones) is 2. The van der Waals surface area contributed by atoms with Gasteiger partial charge in [0, 0.05) is 5.57 Å². The van der Waals surface area contributed by atoms with E-state index in [4.69, 9.17) is 5.11 Å². The van der Waals surface area contributed by atoms with Gasteiger partial charge in [-0.1, -0.05) is 0 Å². The third kappa shape index (κ3) is 0.823. The average Bonchev–Trinajstić information content (AvgIpc) is 2.09. The van der Waals surface area contributed by atoms with Crippen molar-refractivity contribution >= 4 is 11.9 Å². The predicted octanol–water partition coefficient (Wildman–Crippen LogP) is -0.621. The van der Waals surface area contributed by atoms with Gasteiger partial charge in [-0.05, 0) is 6.92 Å². The molecule has 0 unspecified atom stereocenters. The molecule has 0 bridgehead atoms. The molecule has 4 nitrogen and oxygen atoms in total. The first-order chi connectivity index (χ1) is 4.66. The maximum Gasteiger partial charge on any atom is 0.344 e. The molecule has 4 heteroatoms. The number of hydrogen-bond acceptors (Lipinski definition) is 4. The molecule has 10 heavy (non-hydrogen) atoms. The fraction of sp³-hybridized carbons (Fsp3) is 0.333. The van der Waals surface area contributed by atoms with Crippen molar-refractivity contribution in [3.63, 3.8) is 0 Å². The van der Waals surface area contributed by atoms with Gasteiger partial charge in [0.2, 0.25) is 0 Å². The van der Waals surface area contributed by atoms with E-state index in [1.807, 2.05) is 0 Å². The van der Waals surface area contributed by atoms with Gasteiger partial charge >= 0.3 is 11.9 Å². The Balaban J connectivity index is 3.01. The van der Waals surface area contributed by atoms with E-state index >= 15 is 0 Å². The van der Waals surface area contributed by atoms with E-state index in [0.717, 1.165) is 0 Å². The van der Waals surface area contributed by atoms with Crippen LogP contribution >= 0.6 is 0 Å². The Bertz CT molecular complexity index is 226. The molecule has 1 aliphatic rings. The van der Waals surface area contributed by atoms with Crippen molar-refractivity contribution in [3.05, 3.63) is 11.1 Å². The SMILES string of the molecule is CC1=C(CO)C(=O)OC1=O. The molecule has 0 aliphatic carbocycles. The molecule has 0 saturated heterocycles. The summed E-state index contributed by atoms with van der Waals surface area (Å²) in [5.74, 6) is -1.39. The zero-order valence-electron chi connectivity index (χ0n) is 5.38. The van der Waals surface area contributed by atoms with Crippen LogP contribution in [0.25, 0.3) is 0 Å². The van der Waals surface area contributed by atoms with Gasteiger partial charge < -0.3 is 9.84 Å². The molecule has 0 atom stereocenters. The standard InChI is InChI=1S/C6H6O4/c1-3-4(2-7)6(9)10-5(3)8/h7H,2H2,1H3. The second kappa shape index (κ2) is 2.22. The van der Waals surface area contributed by atoms with E-state index in [0.29, 0.717) is 0 Å². The van der Waals surface area contributed by atoms with Crippen LogP contribution in [0, 0.1) is 0 Å². The molecule has 0 aromatic heterocycles. The summed E-state index contributed by atoms with van der Waals surface area (Å²) in [5, 5.41) is 8.51. The van der Waals surface area contributed by atoms with Gasteiger partial charge in [-0.25, -0.2) is 9.59 Å². The number of carbonyl (C=O) groups excluding carboxylic acids is 2. The van der Waals surface area contributed by atoms with Gasteiger partial charge in [-0.2, -0.15) is 0 Å². The van der Waals surface area contributed by atoms with Crippen molar-refractivity contribution in [2.45, 2.75) is 6.92 Å². The summed E-state index contributed by atoms with van der Waals surface area (Å²) >= 11 is 0. The van der Waals surface area contributed by atoms with Crippen LogP contribution in [0.4, 0.5) is 0 Å². The summed E-state index contributed by atoms with van der Waals surface area (Å²) in [5.41, 5.74) is 0.262. The number of carbonyl (C=O) groups is 2. The van der Waals surface area contributed by atoms with E-state index < -0.39 is 18.5 Å². The summed E-state index contributed by atoms with van der Waals surface area (Å²) in [4.78, 5) is 21.1. The summed E-state index contributed by atoms with van der Waals surface area (Å²) in [6.45, 7) is 1.01. The molecular formula is C6H6O4. The fourth-order valence-corrected chi connectivity index (χ4v) is 0.682. The number of hydrogen-bond donors (Lipinski definition) is 1. The second-order valence-electron chi connectivity index (χ2n) is 1.94. The third-order valence-electron chi connectivity index (χ3n) is 1.35. The molecule has 0 aromatic rings. The quantitative estimate of drug-likeness (QED) is 0.391. The molecule has 0 fully saturated rings. The summed E-state index contributed by atoms with van der Waals surface area (Å²) in [7, 11) is 0. The van der Waals surface area contributed by atoms with Crippen LogP contribution in [-0.2, 0) is 14.3 Å². The third-order valence-corrected chi connectivity index (χ3v) is 1.35. The van der Waals surface area contributed by atoms with E-state index in [1.54, 1.807) is 0 Å². The zero-order chi connectivity index (χ0) is 7.72. The molecule has 0 aromatic carbocycles. The maximum atomic E-state index is 10.6. The van der Waals surface area contributed by atoms with Crippen LogP contribution in [0.3, 0.4) is 0 Å². The number of ether oxygens (including phenoxy) is 1. The molecule has 0 spiro atoms. The van der Waals surface area contributed by atoms with Crippen molar-refractivity contribution in [3.8, 4) is 0 Å². The summed E-state index contributed by atoms with van der Waals surface area (Å²) in [6, 6.07) is 0. The Labute approximate surface area is 57.1 Å². The van der Waals surface area contributed by atoms with Gasteiger partial charge in [-0.3, -0.25) is 0 Å². The molecule has 1 N–H and O–H groups in total. The minimum Gasteiger partial charge on any atom is -0.391 e. The van der Waals surface area contributed by atoms with Gasteiger partial charge in [0.25, 0.3) is 0 Å². The minimum atomic E-state index is -0.731. The monoisotopic (exact) mass is 142 g/mol. The molecule has 1 heterocycles. The first kappa shape index (κ1) is 6.95. The molecule has 0 saturated carbocycles. The Morgan fingerprint density at radius 3 is 2.20 bits per heavy atom. The zero-order valence-corrected chi connectivity index (χ0v) is 5.38. The van der Waals surface area contributed by atoms with E-state index in [9.17, 15) is 9.59 Å². The smallest absolute Gasteiger partial charge is 0.344 e. The van der Waals surface area contributed by atoms with Crippen LogP contribution in [0.5, 0.6) is 0 Å². The maximum absolute atomic E-state index is 10.6. The van der Waals surface area contributed by atoms with Gasteiger partial charge in [-0.15, -0.1) is 0 Å². The largest absolute Gasteiger partial charge is 0.391 e. The second-order valence-corrected chi connectivity index (χ2v) is 1.94. The van der Waals surface area contributed by atoms with Crippen molar-refractivity contribution in [2.24, 2.45) is 0 Å². The van der Waals surface area contributed by atoms with Crippen molar-refractivity contribution in [1.29, 1.82) is 0 Å². The predicted molar refractivity (Wildman–Crippen MR) is 30.9 cm³/mol. The van der Waals surface area contributed by atoms with Crippen LogP contribution in [0.1, 0.15) is 6.92 Å². The summed E-state index contributed by atoms with van der Waals surface area (Å²) in [6.07, 6.45) is 0. The number of aliphatic hydroxyl groups is 1. The molecule has 0 radical (unpaired) electrons. The highest BCUT2D eigenvalue weighted by Gasteiger charge is 2.28. The van der Waals surface area contributed by atoms with Crippen molar-refractivity contribution in [1.82, 2.24) is 0 Å². The average molecular weight is 142 g/mol. The molecule has 1 rings (SSSR count). The number of aliphatic hydroxyl groups excluding tert-OH is 1. The Morgan fingerprint density at radius 1 is 1.40 bits per heavy atom. The van der Waals surface area contributed by atoms with E-state index in [-0.39, 0.29) is 11.1 Å². The normalized spacial score (nSPS) is 18.2. The van der Waals surface area contributed by atoms with Crippen LogP contribution < -0.4 is 0 Å². The lowest BCUT2D eigenvalue weighted by molar-refractivity contribution is -0.151. The van der Waals surface area contributed by atoms with Crippen molar-refractivity contribution < 1.29 is 19.4 Å². The highest BCUT2D eigenvalue weighted by molar-refractivity contribution is 6.12. The van der Waals surface area contributed by atoms with Gasteiger partial charge in [0.15, 0.2) is 0 Å². The van der Waals surface area contributed by atoms with Gasteiger partial charge in [0.1, 0.15) is 0 Å². The first-order valence-electron chi connectivity index (χ1n) is 2.74. The Hall–Kier alpha value is -1.16. The topological polar surface area (TPSA) is 63.6 Å². The Kier molecular flexibility index (Phi) is 1.55. The molecular weight excluding hydrogens is 136 g/mol. The fourth-order valence-electron chi connectivity index (χ4n) is 0.682. The lowest BCUT2D eigenvalue weighted by Gasteiger charge is -1.88. The van der Waals surface area contributed by atoms with Gasteiger partial charge in [0.05, 0.1) is 12.2 Å². The van der Waals surface area contributed by atoms with Crippen molar-refractivity contribution in [2.75, 3.05) is 6.61 Å². The highest BCUT2D eigenvalue weighted by atomic mass is 16.6. The van der Waals surface area contributed by atoms with Crippen LogP contribution in [-0.4, -0.2) is 23.7 Å². The lowest BCUT2D eigenvalue weighted by Crippen LogP contribution is -2.03. The lowest BCUT2D eigenvalue weighted by atomic mass is 10.2. The molecule has 0 amide bonds. The minimum absolute atomic E-state index is 0.0602. The van der Waals surface area contributed by atoms with Crippen LogP contribution in [0.2, 0.25) is 0 Å². The number of rotatable bonds is 1. The van der Waals surface area contributed by atoms with E-state index in [1.165, 1.54) is 6.92 Å². The van der Waals surface area contributed by atoms with Crippen LogP contribution in [0.15, 0.2) is 11.1 Å². The first-order valence-corrected chi connectivity index (χ1v) is 2.74. The van der Waals surface area contributed by atoms with E-state index in [2.05, 4.69) is 4.74 Å².